The van der Waals surface area contributed by atoms with Crippen molar-refractivity contribution in [2.24, 2.45) is 5.92 Å². The number of allylic oxidation sites excluding steroid dienone is 2. The molecule has 2 aromatic heterocycles. The summed E-state index contributed by atoms with van der Waals surface area (Å²) in [7, 11) is 1.99. The lowest BCUT2D eigenvalue weighted by Crippen LogP contribution is -2.17. The van der Waals surface area contributed by atoms with Crippen molar-refractivity contribution >= 4 is 0 Å². The van der Waals surface area contributed by atoms with Gasteiger partial charge in [0.1, 0.15) is 0 Å². The topological polar surface area (TPSA) is 63.8 Å². The lowest BCUT2D eigenvalue weighted by molar-refractivity contribution is 0.432. The largest absolute Gasteiger partial charge is 0.421 e. The van der Waals surface area contributed by atoms with Crippen LogP contribution in [0.3, 0.4) is 0 Å². The SMILES string of the molecule is C/C=C(/NC)C(CCCC)CCc1nnc(-c2cccnc2)o1. The van der Waals surface area contributed by atoms with Gasteiger partial charge in [0.25, 0.3) is 0 Å². The Kier molecular flexibility index (Phi) is 6.78. The quantitative estimate of drug-likeness (QED) is 0.758. The van der Waals surface area contributed by atoms with E-state index in [1.54, 1.807) is 12.4 Å². The van der Waals surface area contributed by atoms with Gasteiger partial charge in [0.2, 0.25) is 11.8 Å². The number of unbranched alkanes of at least 4 members (excludes halogenated alkanes) is 1. The minimum Gasteiger partial charge on any atom is -0.421 e. The molecule has 0 aliphatic carbocycles. The Morgan fingerprint density at radius 1 is 1.35 bits per heavy atom. The zero-order chi connectivity index (χ0) is 16.5. The molecule has 0 fully saturated rings. The molecule has 0 amide bonds. The molecule has 5 heteroatoms. The molecule has 0 spiro atoms. The molecule has 23 heavy (non-hydrogen) atoms. The van der Waals surface area contributed by atoms with E-state index in [4.69, 9.17) is 4.42 Å². The van der Waals surface area contributed by atoms with Gasteiger partial charge in [-0.3, -0.25) is 4.98 Å². The van der Waals surface area contributed by atoms with Gasteiger partial charge in [0.15, 0.2) is 0 Å². The molecule has 0 aromatic carbocycles. The van der Waals surface area contributed by atoms with Crippen LogP contribution < -0.4 is 5.32 Å². The molecule has 0 radical (unpaired) electrons. The van der Waals surface area contributed by atoms with Crippen molar-refractivity contribution in [3.63, 3.8) is 0 Å². The average molecular weight is 314 g/mol. The molecule has 1 unspecified atom stereocenters. The number of hydrogen-bond acceptors (Lipinski definition) is 5. The first kappa shape index (κ1) is 17.2. The van der Waals surface area contributed by atoms with Crippen LogP contribution >= 0.6 is 0 Å². The molecule has 2 aromatic rings. The monoisotopic (exact) mass is 314 g/mol. The highest BCUT2D eigenvalue weighted by molar-refractivity contribution is 5.49. The van der Waals surface area contributed by atoms with Gasteiger partial charge in [0, 0.05) is 31.6 Å². The van der Waals surface area contributed by atoms with Crippen molar-refractivity contribution in [3.05, 3.63) is 42.2 Å². The van der Waals surface area contributed by atoms with Crippen LogP contribution in [0, 0.1) is 5.92 Å². The van der Waals surface area contributed by atoms with E-state index in [0.29, 0.717) is 17.7 Å². The summed E-state index contributed by atoms with van der Waals surface area (Å²) in [6.07, 6.45) is 11.1. The van der Waals surface area contributed by atoms with E-state index in [2.05, 4.69) is 40.4 Å². The molecular formula is C18H26N4O. The fourth-order valence-corrected chi connectivity index (χ4v) is 2.75. The fourth-order valence-electron chi connectivity index (χ4n) is 2.75. The molecule has 2 rings (SSSR count). The summed E-state index contributed by atoms with van der Waals surface area (Å²) in [6, 6.07) is 3.79. The van der Waals surface area contributed by atoms with E-state index >= 15 is 0 Å². The van der Waals surface area contributed by atoms with Gasteiger partial charge < -0.3 is 9.73 Å². The van der Waals surface area contributed by atoms with Crippen LogP contribution in [-0.2, 0) is 6.42 Å². The van der Waals surface area contributed by atoms with Crippen molar-refractivity contribution in [1.29, 1.82) is 0 Å². The first-order chi connectivity index (χ1) is 11.3. The molecule has 2 heterocycles. The Morgan fingerprint density at radius 3 is 2.87 bits per heavy atom. The number of rotatable bonds is 9. The maximum Gasteiger partial charge on any atom is 0.249 e. The molecule has 0 aliphatic rings. The van der Waals surface area contributed by atoms with Crippen LogP contribution in [0.2, 0.25) is 0 Å². The summed E-state index contributed by atoms with van der Waals surface area (Å²) < 4.78 is 5.77. The molecule has 5 nitrogen and oxygen atoms in total. The predicted octanol–water partition coefficient (Wildman–Crippen LogP) is 3.99. The average Bonchev–Trinajstić information content (AvgIpc) is 3.07. The van der Waals surface area contributed by atoms with Gasteiger partial charge >= 0.3 is 0 Å². The summed E-state index contributed by atoms with van der Waals surface area (Å²) in [5, 5.41) is 11.6. The maximum atomic E-state index is 5.77. The maximum absolute atomic E-state index is 5.77. The minimum absolute atomic E-state index is 0.513. The Bertz CT molecular complexity index is 606. The van der Waals surface area contributed by atoms with E-state index in [1.807, 2.05) is 19.2 Å². The molecule has 1 N–H and O–H groups in total. The molecule has 0 saturated carbocycles. The van der Waals surface area contributed by atoms with Crippen molar-refractivity contribution in [3.8, 4) is 11.5 Å². The second kappa shape index (κ2) is 9.08. The Hall–Kier alpha value is -2.17. The van der Waals surface area contributed by atoms with Crippen molar-refractivity contribution in [2.75, 3.05) is 7.05 Å². The third-order valence-electron chi connectivity index (χ3n) is 4.03. The highest BCUT2D eigenvalue weighted by Crippen LogP contribution is 2.23. The van der Waals surface area contributed by atoms with Crippen LogP contribution in [0.15, 0.2) is 40.7 Å². The fraction of sp³-hybridized carbons (Fsp3) is 0.500. The second-order valence-corrected chi connectivity index (χ2v) is 5.61. The third-order valence-corrected chi connectivity index (χ3v) is 4.03. The summed E-state index contributed by atoms with van der Waals surface area (Å²) >= 11 is 0. The first-order valence-electron chi connectivity index (χ1n) is 8.35. The number of aryl methyl sites for hydroxylation is 1. The van der Waals surface area contributed by atoms with Gasteiger partial charge in [-0.05, 0) is 37.8 Å². The van der Waals surface area contributed by atoms with Crippen molar-refractivity contribution in [2.45, 2.75) is 46.0 Å². The Morgan fingerprint density at radius 2 is 2.22 bits per heavy atom. The van der Waals surface area contributed by atoms with Crippen LogP contribution in [0.4, 0.5) is 0 Å². The second-order valence-electron chi connectivity index (χ2n) is 5.61. The van der Waals surface area contributed by atoms with Gasteiger partial charge in [0.05, 0.1) is 5.56 Å². The smallest absolute Gasteiger partial charge is 0.249 e. The minimum atomic E-state index is 0.513. The standard InChI is InChI=1S/C18H26N4O/c1-4-6-8-14(16(5-2)19-3)10-11-17-21-22-18(23-17)15-9-7-12-20-13-15/h5,7,9,12-14,19H,4,6,8,10-11H2,1-3H3/b16-5+. The molecular weight excluding hydrogens is 288 g/mol. The van der Waals surface area contributed by atoms with Crippen LogP contribution in [-0.4, -0.2) is 22.2 Å². The molecule has 1 atom stereocenters. The van der Waals surface area contributed by atoms with E-state index < -0.39 is 0 Å². The molecule has 0 bridgehead atoms. The van der Waals surface area contributed by atoms with Gasteiger partial charge in [-0.15, -0.1) is 10.2 Å². The zero-order valence-corrected chi connectivity index (χ0v) is 14.2. The Balaban J connectivity index is 1.99. The molecule has 0 saturated heterocycles. The third kappa shape index (κ3) is 4.91. The normalized spacial score (nSPS) is 13.1. The van der Waals surface area contributed by atoms with Gasteiger partial charge in [-0.25, -0.2) is 0 Å². The number of hydrogen-bond donors (Lipinski definition) is 1. The Labute approximate surface area is 138 Å². The number of aromatic nitrogens is 3. The highest BCUT2D eigenvalue weighted by atomic mass is 16.4. The zero-order valence-electron chi connectivity index (χ0n) is 14.2. The summed E-state index contributed by atoms with van der Waals surface area (Å²) in [6.45, 7) is 4.31. The first-order valence-corrected chi connectivity index (χ1v) is 8.35. The lowest BCUT2D eigenvalue weighted by Gasteiger charge is -2.19. The molecule has 0 aliphatic heterocycles. The van der Waals surface area contributed by atoms with Gasteiger partial charge in [-0.1, -0.05) is 25.8 Å². The van der Waals surface area contributed by atoms with Crippen molar-refractivity contribution in [1.82, 2.24) is 20.5 Å². The summed E-state index contributed by atoms with van der Waals surface area (Å²) in [5.74, 6) is 1.74. The van der Waals surface area contributed by atoms with Crippen molar-refractivity contribution < 1.29 is 4.42 Å². The van der Waals surface area contributed by atoms with Crippen LogP contribution in [0.5, 0.6) is 0 Å². The summed E-state index contributed by atoms with van der Waals surface area (Å²) in [5.41, 5.74) is 2.16. The van der Waals surface area contributed by atoms with Crippen LogP contribution in [0.25, 0.3) is 11.5 Å². The van der Waals surface area contributed by atoms with E-state index in [9.17, 15) is 0 Å². The van der Waals surface area contributed by atoms with Crippen LogP contribution in [0.1, 0.15) is 45.4 Å². The molecule has 124 valence electrons. The summed E-state index contributed by atoms with van der Waals surface area (Å²) in [4.78, 5) is 4.08. The van der Waals surface area contributed by atoms with E-state index in [0.717, 1.165) is 18.4 Å². The van der Waals surface area contributed by atoms with Gasteiger partial charge in [-0.2, -0.15) is 0 Å². The number of nitrogens with zero attached hydrogens (tertiary/aromatic N) is 3. The van der Waals surface area contributed by atoms with E-state index in [-0.39, 0.29) is 0 Å². The lowest BCUT2D eigenvalue weighted by atomic mass is 9.93. The highest BCUT2D eigenvalue weighted by Gasteiger charge is 2.15. The number of nitrogens with one attached hydrogen (secondary N) is 1. The number of pyridine rings is 1. The van der Waals surface area contributed by atoms with E-state index in [1.165, 1.54) is 25.0 Å². The predicted molar refractivity (Wildman–Crippen MR) is 91.7 cm³/mol.